The molecule has 0 unspecified atom stereocenters. The lowest BCUT2D eigenvalue weighted by Crippen LogP contribution is -2.13. The third kappa shape index (κ3) is 3.30. The van der Waals surface area contributed by atoms with E-state index in [1.807, 2.05) is 0 Å². The standard InChI is InChI=1S/C13H7BrClF2NO/c14-10-3-1-7(16)5-9(10)13(19)18-8-2-4-11(15)12(17)6-8/h1-6H,(H,18,19). The van der Waals surface area contributed by atoms with Crippen molar-refractivity contribution in [1.82, 2.24) is 0 Å². The minimum absolute atomic E-state index is 0.0371. The maximum Gasteiger partial charge on any atom is 0.256 e. The zero-order valence-corrected chi connectivity index (χ0v) is 11.7. The van der Waals surface area contributed by atoms with Gasteiger partial charge in [-0.3, -0.25) is 4.79 Å². The summed E-state index contributed by atoms with van der Waals surface area (Å²) in [5.74, 6) is -1.72. The third-order valence-electron chi connectivity index (χ3n) is 2.35. The molecule has 0 bridgehead atoms. The first-order valence-electron chi connectivity index (χ1n) is 5.19. The number of anilines is 1. The van der Waals surface area contributed by atoms with Gasteiger partial charge in [0.05, 0.1) is 10.6 Å². The fourth-order valence-corrected chi connectivity index (χ4v) is 1.99. The van der Waals surface area contributed by atoms with Crippen molar-refractivity contribution in [2.75, 3.05) is 5.32 Å². The van der Waals surface area contributed by atoms with Gasteiger partial charge >= 0.3 is 0 Å². The average Bonchev–Trinajstić information content (AvgIpc) is 2.36. The molecule has 2 aromatic carbocycles. The van der Waals surface area contributed by atoms with Gasteiger partial charge in [-0.05, 0) is 52.3 Å². The van der Waals surface area contributed by atoms with Gasteiger partial charge in [-0.2, -0.15) is 0 Å². The Morgan fingerprint density at radius 1 is 1.16 bits per heavy atom. The molecule has 2 aromatic rings. The summed E-state index contributed by atoms with van der Waals surface area (Å²) in [5.41, 5.74) is 0.360. The molecule has 1 N–H and O–H groups in total. The molecule has 2 rings (SSSR count). The van der Waals surface area contributed by atoms with E-state index in [0.29, 0.717) is 4.47 Å². The largest absolute Gasteiger partial charge is 0.322 e. The van der Waals surface area contributed by atoms with Crippen molar-refractivity contribution in [3.63, 3.8) is 0 Å². The van der Waals surface area contributed by atoms with Gasteiger partial charge in [0.15, 0.2) is 0 Å². The Hall–Kier alpha value is -1.46. The van der Waals surface area contributed by atoms with Gasteiger partial charge < -0.3 is 5.32 Å². The second kappa shape index (κ2) is 5.67. The van der Waals surface area contributed by atoms with Crippen molar-refractivity contribution >= 4 is 39.1 Å². The van der Waals surface area contributed by atoms with Crippen LogP contribution in [-0.2, 0) is 0 Å². The summed E-state index contributed by atoms with van der Waals surface area (Å²) in [6, 6.07) is 7.61. The van der Waals surface area contributed by atoms with Gasteiger partial charge in [0.25, 0.3) is 5.91 Å². The molecule has 2 nitrogen and oxygen atoms in total. The van der Waals surface area contributed by atoms with Gasteiger partial charge in [-0.25, -0.2) is 8.78 Å². The third-order valence-corrected chi connectivity index (χ3v) is 3.35. The second-order valence-electron chi connectivity index (χ2n) is 3.71. The van der Waals surface area contributed by atoms with Crippen LogP contribution in [0, 0.1) is 11.6 Å². The highest BCUT2D eigenvalue weighted by atomic mass is 79.9. The molecule has 98 valence electrons. The summed E-state index contributed by atoms with van der Waals surface area (Å²) in [6.45, 7) is 0. The van der Waals surface area contributed by atoms with E-state index in [4.69, 9.17) is 11.6 Å². The summed E-state index contributed by atoms with van der Waals surface area (Å²) >= 11 is 8.68. The first-order chi connectivity index (χ1) is 8.97. The van der Waals surface area contributed by atoms with Crippen molar-refractivity contribution in [2.24, 2.45) is 0 Å². The van der Waals surface area contributed by atoms with Crippen LogP contribution in [0.3, 0.4) is 0 Å². The maximum absolute atomic E-state index is 13.2. The normalized spacial score (nSPS) is 10.3. The SMILES string of the molecule is O=C(Nc1ccc(Cl)c(F)c1)c1cc(F)ccc1Br. The topological polar surface area (TPSA) is 29.1 Å². The molecule has 0 atom stereocenters. The van der Waals surface area contributed by atoms with Crippen LogP contribution in [0.25, 0.3) is 0 Å². The quantitative estimate of drug-likeness (QED) is 0.844. The molecule has 19 heavy (non-hydrogen) atoms. The summed E-state index contributed by atoms with van der Waals surface area (Å²) < 4.78 is 26.8. The van der Waals surface area contributed by atoms with Crippen LogP contribution in [0.15, 0.2) is 40.9 Å². The fourth-order valence-electron chi connectivity index (χ4n) is 1.44. The summed E-state index contributed by atoms with van der Waals surface area (Å²) in [4.78, 5) is 11.9. The smallest absolute Gasteiger partial charge is 0.256 e. The minimum Gasteiger partial charge on any atom is -0.322 e. The average molecular weight is 347 g/mol. The number of benzene rings is 2. The number of rotatable bonds is 2. The van der Waals surface area contributed by atoms with E-state index in [0.717, 1.165) is 12.1 Å². The van der Waals surface area contributed by atoms with Crippen LogP contribution >= 0.6 is 27.5 Å². The lowest BCUT2D eigenvalue weighted by atomic mass is 10.2. The van der Waals surface area contributed by atoms with E-state index in [9.17, 15) is 13.6 Å². The Kier molecular flexibility index (Phi) is 4.17. The Bertz CT molecular complexity index is 649. The molecular formula is C13H7BrClF2NO. The van der Waals surface area contributed by atoms with E-state index < -0.39 is 17.5 Å². The van der Waals surface area contributed by atoms with Gasteiger partial charge in [0.2, 0.25) is 0 Å². The predicted molar refractivity (Wildman–Crippen MR) is 73.5 cm³/mol. The number of hydrogen-bond acceptors (Lipinski definition) is 1. The van der Waals surface area contributed by atoms with Gasteiger partial charge in [0.1, 0.15) is 11.6 Å². The zero-order chi connectivity index (χ0) is 14.0. The van der Waals surface area contributed by atoms with Crippen LogP contribution in [0.2, 0.25) is 5.02 Å². The van der Waals surface area contributed by atoms with E-state index in [1.165, 1.54) is 24.3 Å². The van der Waals surface area contributed by atoms with Crippen LogP contribution in [0.1, 0.15) is 10.4 Å². The first kappa shape index (κ1) is 14.0. The number of amides is 1. The first-order valence-corrected chi connectivity index (χ1v) is 6.36. The Morgan fingerprint density at radius 2 is 1.89 bits per heavy atom. The molecule has 0 saturated heterocycles. The summed E-state index contributed by atoms with van der Waals surface area (Å²) in [5, 5.41) is 2.42. The highest BCUT2D eigenvalue weighted by Crippen LogP contribution is 2.22. The Labute approximate surface area is 121 Å². The molecule has 0 aliphatic rings. The van der Waals surface area contributed by atoms with Crippen molar-refractivity contribution in [3.8, 4) is 0 Å². The molecule has 0 spiro atoms. The Morgan fingerprint density at radius 3 is 2.58 bits per heavy atom. The number of carbonyl (C=O) groups is 1. The maximum atomic E-state index is 13.2. The molecular weight excluding hydrogens is 340 g/mol. The molecule has 6 heteroatoms. The zero-order valence-electron chi connectivity index (χ0n) is 9.38. The van der Waals surface area contributed by atoms with Crippen LogP contribution in [-0.4, -0.2) is 5.91 Å². The van der Waals surface area contributed by atoms with Crippen molar-refractivity contribution in [1.29, 1.82) is 0 Å². The van der Waals surface area contributed by atoms with E-state index in [-0.39, 0.29) is 16.3 Å². The monoisotopic (exact) mass is 345 g/mol. The van der Waals surface area contributed by atoms with Crippen LogP contribution in [0.5, 0.6) is 0 Å². The molecule has 0 saturated carbocycles. The molecule has 0 aliphatic heterocycles. The van der Waals surface area contributed by atoms with Crippen molar-refractivity contribution in [2.45, 2.75) is 0 Å². The van der Waals surface area contributed by atoms with Crippen LogP contribution in [0.4, 0.5) is 14.5 Å². The van der Waals surface area contributed by atoms with Gasteiger partial charge in [0, 0.05) is 10.2 Å². The lowest BCUT2D eigenvalue weighted by molar-refractivity contribution is 0.102. The van der Waals surface area contributed by atoms with Crippen molar-refractivity contribution in [3.05, 3.63) is 63.1 Å². The minimum atomic E-state index is -0.641. The lowest BCUT2D eigenvalue weighted by Gasteiger charge is -2.07. The molecule has 1 amide bonds. The number of halogens is 4. The fraction of sp³-hybridized carbons (Fsp3) is 0. The molecule has 0 fully saturated rings. The second-order valence-corrected chi connectivity index (χ2v) is 4.97. The van der Waals surface area contributed by atoms with E-state index in [1.54, 1.807) is 0 Å². The number of nitrogens with one attached hydrogen (secondary N) is 1. The summed E-state index contributed by atoms with van der Waals surface area (Å²) in [6.07, 6.45) is 0. The highest BCUT2D eigenvalue weighted by Gasteiger charge is 2.12. The van der Waals surface area contributed by atoms with E-state index in [2.05, 4.69) is 21.2 Å². The highest BCUT2D eigenvalue weighted by molar-refractivity contribution is 9.10. The van der Waals surface area contributed by atoms with Gasteiger partial charge in [-0.1, -0.05) is 11.6 Å². The number of carbonyl (C=O) groups excluding carboxylic acids is 1. The van der Waals surface area contributed by atoms with Crippen molar-refractivity contribution < 1.29 is 13.6 Å². The van der Waals surface area contributed by atoms with Gasteiger partial charge in [-0.15, -0.1) is 0 Å². The molecule has 0 radical (unpaired) electrons. The molecule has 0 aliphatic carbocycles. The molecule has 0 heterocycles. The number of hydrogen-bond donors (Lipinski definition) is 1. The Balaban J connectivity index is 2.25. The predicted octanol–water partition coefficient (Wildman–Crippen LogP) is 4.63. The van der Waals surface area contributed by atoms with E-state index >= 15 is 0 Å². The van der Waals surface area contributed by atoms with Crippen LogP contribution < -0.4 is 5.32 Å². The summed E-state index contributed by atoms with van der Waals surface area (Å²) in [7, 11) is 0. The molecule has 0 aromatic heterocycles.